The number of ether oxygens (including phenoxy) is 1. The van der Waals surface area contributed by atoms with Gasteiger partial charge in [-0.05, 0) is 41.7 Å². The molecule has 2 unspecified atom stereocenters. The van der Waals surface area contributed by atoms with Crippen molar-refractivity contribution in [1.29, 1.82) is 0 Å². The first-order valence-electron chi connectivity index (χ1n) is 8.12. The Bertz CT molecular complexity index is 810. The van der Waals surface area contributed by atoms with Crippen molar-refractivity contribution in [3.05, 3.63) is 71.3 Å². The lowest BCUT2D eigenvalue weighted by Gasteiger charge is -2.38. The number of benzene rings is 2. The fraction of sp³-hybridized carbons (Fsp3) is 0.250. The molecule has 4 nitrogen and oxygen atoms in total. The molecule has 1 heterocycles. The van der Waals surface area contributed by atoms with E-state index in [9.17, 15) is 4.79 Å². The lowest BCUT2D eigenvalue weighted by molar-refractivity contribution is 0.0697. The summed E-state index contributed by atoms with van der Waals surface area (Å²) >= 11 is 0. The molecule has 0 saturated carbocycles. The van der Waals surface area contributed by atoms with Gasteiger partial charge in [-0.2, -0.15) is 0 Å². The van der Waals surface area contributed by atoms with Crippen LogP contribution in [0.2, 0.25) is 0 Å². The van der Waals surface area contributed by atoms with Gasteiger partial charge in [-0.15, -0.1) is 0 Å². The van der Waals surface area contributed by atoms with E-state index in [2.05, 4.69) is 23.5 Å². The first-order valence-corrected chi connectivity index (χ1v) is 8.12. The Morgan fingerprint density at radius 1 is 1.21 bits per heavy atom. The summed E-state index contributed by atoms with van der Waals surface area (Å²) < 4.78 is 5.53. The minimum absolute atomic E-state index is 0.136. The number of hydrogen-bond donors (Lipinski definition) is 2. The minimum Gasteiger partial charge on any atom is -0.495 e. The van der Waals surface area contributed by atoms with Crippen LogP contribution in [-0.2, 0) is 0 Å². The van der Waals surface area contributed by atoms with Crippen molar-refractivity contribution < 1.29 is 14.6 Å². The molecule has 0 radical (unpaired) electrons. The maximum atomic E-state index is 11.1. The zero-order chi connectivity index (χ0) is 16.7. The van der Waals surface area contributed by atoms with Crippen LogP contribution in [0.1, 0.15) is 39.9 Å². The molecule has 0 amide bonds. The quantitative estimate of drug-likeness (QED) is 0.831. The molecule has 2 aromatic carbocycles. The molecule has 2 N–H and O–H groups in total. The Hall–Kier alpha value is -2.75. The highest BCUT2D eigenvalue weighted by atomic mass is 16.5. The number of carboxylic acids is 1. The summed E-state index contributed by atoms with van der Waals surface area (Å²) in [6.07, 6.45) is 5.53. The van der Waals surface area contributed by atoms with Crippen LogP contribution in [0.3, 0.4) is 0 Å². The normalized spacial score (nSPS) is 24.0. The van der Waals surface area contributed by atoms with Crippen LogP contribution in [0.4, 0.5) is 5.69 Å². The molecule has 0 spiro atoms. The summed E-state index contributed by atoms with van der Waals surface area (Å²) in [6, 6.07) is 13.5. The zero-order valence-electron chi connectivity index (χ0n) is 13.4. The molecule has 0 saturated heterocycles. The largest absolute Gasteiger partial charge is 0.495 e. The van der Waals surface area contributed by atoms with E-state index < -0.39 is 5.97 Å². The number of fused-ring (bicyclic) bond motifs is 3. The Kier molecular flexibility index (Phi) is 3.53. The van der Waals surface area contributed by atoms with E-state index in [1.807, 2.05) is 24.3 Å². The molecular formula is C20H19NO3. The van der Waals surface area contributed by atoms with Crippen molar-refractivity contribution in [2.75, 3.05) is 12.4 Å². The van der Waals surface area contributed by atoms with Crippen LogP contribution in [0.5, 0.6) is 5.75 Å². The second kappa shape index (κ2) is 5.71. The Labute approximate surface area is 140 Å². The number of methoxy groups -OCH3 is 1. The van der Waals surface area contributed by atoms with Gasteiger partial charge in [0, 0.05) is 5.92 Å². The van der Waals surface area contributed by atoms with E-state index in [1.165, 1.54) is 5.56 Å². The third kappa shape index (κ3) is 2.26. The number of carboxylic acid groups (broad SMARTS) is 1. The molecule has 4 heteroatoms. The molecule has 122 valence electrons. The number of nitrogens with one attached hydrogen (secondary N) is 1. The molecule has 0 bridgehead atoms. The van der Waals surface area contributed by atoms with Crippen LogP contribution in [0, 0.1) is 5.92 Å². The van der Waals surface area contributed by atoms with Crippen molar-refractivity contribution in [3.8, 4) is 5.75 Å². The number of carbonyl (C=O) groups is 1. The van der Waals surface area contributed by atoms with Crippen molar-refractivity contribution in [2.45, 2.75) is 18.4 Å². The average molecular weight is 321 g/mol. The topological polar surface area (TPSA) is 58.6 Å². The highest BCUT2D eigenvalue weighted by molar-refractivity contribution is 5.87. The molecule has 2 aromatic rings. The molecule has 3 atom stereocenters. The van der Waals surface area contributed by atoms with Gasteiger partial charge in [-0.25, -0.2) is 4.79 Å². The van der Waals surface area contributed by atoms with Crippen LogP contribution in [-0.4, -0.2) is 18.2 Å². The fourth-order valence-electron chi connectivity index (χ4n) is 3.93. The predicted octanol–water partition coefficient (Wildman–Crippen LogP) is 4.22. The molecular weight excluding hydrogens is 302 g/mol. The van der Waals surface area contributed by atoms with Crippen LogP contribution in [0.15, 0.2) is 54.6 Å². The summed E-state index contributed by atoms with van der Waals surface area (Å²) in [6.45, 7) is 0. The summed E-state index contributed by atoms with van der Waals surface area (Å²) in [7, 11) is 1.69. The molecule has 1 aliphatic carbocycles. The Balaban J connectivity index is 1.76. The number of allylic oxidation sites excluding steroid dienone is 2. The fourth-order valence-corrected chi connectivity index (χ4v) is 3.93. The van der Waals surface area contributed by atoms with Gasteiger partial charge in [0.25, 0.3) is 0 Å². The van der Waals surface area contributed by atoms with Gasteiger partial charge < -0.3 is 15.2 Å². The van der Waals surface area contributed by atoms with Gasteiger partial charge in [-0.3, -0.25) is 0 Å². The van der Waals surface area contributed by atoms with Crippen molar-refractivity contribution in [2.24, 2.45) is 5.92 Å². The lowest BCUT2D eigenvalue weighted by Crippen LogP contribution is -2.29. The smallest absolute Gasteiger partial charge is 0.335 e. The standard InChI is InChI=1S/C20H19NO3/c1-24-17-7-3-6-16-14-4-2-5-15(14)18(21-19(16)17)12-8-10-13(11-9-12)20(22)23/h2-4,6-11,14-15,18,21H,5H2,1H3,(H,22,23)/t14?,15?,18-/m1/s1. The zero-order valence-corrected chi connectivity index (χ0v) is 13.4. The van der Waals surface area contributed by atoms with Gasteiger partial charge in [0.2, 0.25) is 0 Å². The van der Waals surface area contributed by atoms with E-state index in [1.54, 1.807) is 19.2 Å². The van der Waals surface area contributed by atoms with E-state index >= 15 is 0 Å². The average Bonchev–Trinajstić information content (AvgIpc) is 3.10. The van der Waals surface area contributed by atoms with E-state index in [-0.39, 0.29) is 6.04 Å². The van der Waals surface area contributed by atoms with Gasteiger partial charge in [0.15, 0.2) is 0 Å². The number of para-hydroxylation sites is 1. The second-order valence-corrected chi connectivity index (χ2v) is 6.33. The number of aromatic carboxylic acids is 1. The molecule has 0 aromatic heterocycles. The maximum absolute atomic E-state index is 11.1. The third-order valence-corrected chi connectivity index (χ3v) is 5.10. The van der Waals surface area contributed by atoms with Gasteiger partial charge in [0.05, 0.1) is 24.4 Å². The van der Waals surface area contributed by atoms with Crippen LogP contribution >= 0.6 is 0 Å². The van der Waals surface area contributed by atoms with Crippen LogP contribution < -0.4 is 10.1 Å². The van der Waals surface area contributed by atoms with Gasteiger partial charge in [-0.1, -0.05) is 36.4 Å². The van der Waals surface area contributed by atoms with Gasteiger partial charge in [0.1, 0.15) is 5.75 Å². The molecule has 2 aliphatic rings. The van der Waals surface area contributed by atoms with Gasteiger partial charge >= 0.3 is 5.97 Å². The molecule has 1 aliphatic heterocycles. The maximum Gasteiger partial charge on any atom is 0.335 e. The van der Waals surface area contributed by atoms with Crippen molar-refractivity contribution in [3.63, 3.8) is 0 Å². The van der Waals surface area contributed by atoms with E-state index in [0.29, 0.717) is 17.4 Å². The monoisotopic (exact) mass is 321 g/mol. The summed E-state index contributed by atoms with van der Waals surface area (Å²) in [5.41, 5.74) is 3.73. The third-order valence-electron chi connectivity index (χ3n) is 5.10. The highest BCUT2D eigenvalue weighted by Gasteiger charge is 2.38. The molecule has 4 rings (SSSR count). The predicted molar refractivity (Wildman–Crippen MR) is 92.7 cm³/mol. The van der Waals surface area contributed by atoms with Crippen molar-refractivity contribution in [1.82, 2.24) is 0 Å². The first kappa shape index (κ1) is 14.8. The summed E-state index contributed by atoms with van der Waals surface area (Å²) in [5, 5.41) is 12.7. The Morgan fingerprint density at radius 3 is 2.71 bits per heavy atom. The summed E-state index contributed by atoms with van der Waals surface area (Å²) in [5.74, 6) is 0.741. The van der Waals surface area contributed by atoms with E-state index in [0.717, 1.165) is 23.4 Å². The minimum atomic E-state index is -0.898. The Morgan fingerprint density at radius 2 is 2.00 bits per heavy atom. The number of anilines is 1. The lowest BCUT2D eigenvalue weighted by atomic mass is 9.77. The second-order valence-electron chi connectivity index (χ2n) is 6.33. The first-order chi connectivity index (χ1) is 11.7. The number of rotatable bonds is 3. The van der Waals surface area contributed by atoms with Crippen molar-refractivity contribution >= 4 is 11.7 Å². The van der Waals surface area contributed by atoms with Crippen LogP contribution in [0.25, 0.3) is 0 Å². The highest BCUT2D eigenvalue weighted by Crippen LogP contribution is 2.52. The van der Waals surface area contributed by atoms with E-state index in [4.69, 9.17) is 9.84 Å². The number of hydrogen-bond acceptors (Lipinski definition) is 3. The molecule has 0 fully saturated rings. The SMILES string of the molecule is COc1cccc2c1N[C@H](c1ccc(C(=O)O)cc1)C1CC=CC21. The molecule has 24 heavy (non-hydrogen) atoms. The summed E-state index contributed by atoms with van der Waals surface area (Å²) in [4.78, 5) is 11.1.